The number of nitrogens with zero attached hydrogens (tertiary/aromatic N) is 6. The maximum atomic E-state index is 12.9. The Bertz CT molecular complexity index is 1150. The number of amides is 2. The van der Waals surface area contributed by atoms with E-state index in [9.17, 15) is 9.59 Å². The number of carbonyl (C=O) groups excluding carboxylic acids is 2. The highest BCUT2D eigenvalue weighted by molar-refractivity contribution is 7.99. The van der Waals surface area contributed by atoms with Gasteiger partial charge in [-0.3, -0.25) is 14.5 Å². The Morgan fingerprint density at radius 2 is 1.82 bits per heavy atom. The second-order valence-corrected chi connectivity index (χ2v) is 11.5. The molecule has 0 radical (unpaired) electrons. The number of hydrogen-bond donors (Lipinski definition) is 0. The predicted octanol–water partition coefficient (Wildman–Crippen LogP) is 3.53. The van der Waals surface area contributed by atoms with Gasteiger partial charge in [0.25, 0.3) is 0 Å². The van der Waals surface area contributed by atoms with E-state index in [1.165, 1.54) is 17.3 Å². The summed E-state index contributed by atoms with van der Waals surface area (Å²) in [5.74, 6) is 1.66. The number of halogens is 1. The monoisotopic (exact) mass is 554 g/mol. The van der Waals surface area contributed by atoms with Gasteiger partial charge in [-0.25, -0.2) is 9.97 Å². The molecule has 0 bridgehead atoms. The molecule has 0 N–H and O–H groups in total. The molecule has 10 heteroatoms. The van der Waals surface area contributed by atoms with E-state index >= 15 is 0 Å². The van der Waals surface area contributed by atoms with Gasteiger partial charge in [-0.05, 0) is 25.3 Å². The third-order valence-corrected chi connectivity index (χ3v) is 8.37. The Morgan fingerprint density at radius 1 is 1.05 bits per heavy atom. The summed E-state index contributed by atoms with van der Waals surface area (Å²) in [6, 6.07) is 12.2. The summed E-state index contributed by atoms with van der Waals surface area (Å²) in [6.07, 6.45) is 6.37. The van der Waals surface area contributed by atoms with Crippen LogP contribution in [0.2, 0.25) is 5.15 Å². The minimum absolute atomic E-state index is 0.0976. The third-order valence-electron chi connectivity index (χ3n) is 7.35. The summed E-state index contributed by atoms with van der Waals surface area (Å²) >= 11 is 7.66. The number of anilines is 1. The quantitative estimate of drug-likeness (QED) is 0.281. The highest BCUT2D eigenvalue weighted by atomic mass is 35.5. The molecule has 1 aromatic carbocycles. The van der Waals surface area contributed by atoms with Crippen LogP contribution < -0.4 is 4.90 Å². The van der Waals surface area contributed by atoms with Gasteiger partial charge in [-0.15, -0.1) is 0 Å². The van der Waals surface area contributed by atoms with Gasteiger partial charge in [0.15, 0.2) is 5.16 Å². The molecule has 1 saturated carbocycles. The van der Waals surface area contributed by atoms with Crippen molar-refractivity contribution in [1.29, 1.82) is 0 Å². The summed E-state index contributed by atoms with van der Waals surface area (Å²) in [4.78, 5) is 42.9. The van der Waals surface area contributed by atoms with E-state index in [1.54, 1.807) is 6.07 Å². The molecule has 2 aliphatic heterocycles. The smallest absolute Gasteiger partial charge is 0.233 e. The summed E-state index contributed by atoms with van der Waals surface area (Å²) < 4.78 is 0. The average molecular weight is 555 g/mol. The first-order chi connectivity index (χ1) is 18.5. The molecule has 3 fully saturated rings. The van der Waals surface area contributed by atoms with Gasteiger partial charge in [-0.2, -0.15) is 0 Å². The zero-order valence-corrected chi connectivity index (χ0v) is 23.4. The lowest BCUT2D eigenvalue weighted by molar-refractivity contribution is -0.135. The standard InChI is InChI=1S/C28H35ClN6O2S/c1-21-19-34(16-17-35(21)27(37)23-9-10-23)25-18-24(29)30-28(31-25)38-20-26(36)33-14-12-32(13-15-33)11-5-8-22-6-3-2-4-7-22/h2-8,18,21,23H,9-17,19-20H2,1H3. The van der Waals surface area contributed by atoms with Crippen molar-refractivity contribution in [2.24, 2.45) is 5.92 Å². The number of benzene rings is 1. The number of thioether (sulfide) groups is 1. The fourth-order valence-electron chi connectivity index (χ4n) is 4.97. The number of piperazine rings is 2. The number of aromatic nitrogens is 2. The second-order valence-electron chi connectivity index (χ2n) is 10.2. The van der Waals surface area contributed by atoms with E-state index in [0.717, 1.165) is 51.4 Å². The molecule has 5 rings (SSSR count). The molecule has 2 saturated heterocycles. The lowest BCUT2D eigenvalue weighted by atomic mass is 10.1. The van der Waals surface area contributed by atoms with Gasteiger partial charge in [0.1, 0.15) is 11.0 Å². The second kappa shape index (κ2) is 12.5. The maximum Gasteiger partial charge on any atom is 0.233 e. The van der Waals surface area contributed by atoms with E-state index < -0.39 is 0 Å². The average Bonchev–Trinajstić information content (AvgIpc) is 3.78. The van der Waals surface area contributed by atoms with Crippen molar-refractivity contribution >= 4 is 47.1 Å². The van der Waals surface area contributed by atoms with Gasteiger partial charge in [0.05, 0.1) is 5.75 Å². The molecule has 3 heterocycles. The van der Waals surface area contributed by atoms with Crippen LogP contribution in [-0.4, -0.2) is 101 Å². The van der Waals surface area contributed by atoms with E-state index in [1.807, 2.05) is 28.0 Å². The minimum Gasteiger partial charge on any atom is -0.353 e. The van der Waals surface area contributed by atoms with Crippen LogP contribution in [0.5, 0.6) is 0 Å². The first kappa shape index (κ1) is 27.0. The first-order valence-electron chi connectivity index (χ1n) is 13.4. The van der Waals surface area contributed by atoms with Gasteiger partial charge < -0.3 is 14.7 Å². The highest BCUT2D eigenvalue weighted by Crippen LogP contribution is 2.33. The van der Waals surface area contributed by atoms with E-state index in [2.05, 4.69) is 46.0 Å². The summed E-state index contributed by atoms with van der Waals surface area (Å²) in [5, 5.41) is 0.876. The minimum atomic E-state index is 0.0976. The Balaban J connectivity index is 1.08. The largest absolute Gasteiger partial charge is 0.353 e. The molecule has 2 aromatic rings. The van der Waals surface area contributed by atoms with Gasteiger partial charge in [0, 0.05) is 70.4 Å². The van der Waals surface area contributed by atoms with Crippen LogP contribution in [0, 0.1) is 5.92 Å². The van der Waals surface area contributed by atoms with Gasteiger partial charge >= 0.3 is 0 Å². The molecular formula is C28H35ClN6O2S. The Hall–Kier alpha value is -2.62. The van der Waals surface area contributed by atoms with Crippen LogP contribution >= 0.6 is 23.4 Å². The van der Waals surface area contributed by atoms with Crippen molar-refractivity contribution in [3.63, 3.8) is 0 Å². The molecule has 202 valence electrons. The van der Waals surface area contributed by atoms with Crippen molar-refractivity contribution < 1.29 is 9.59 Å². The highest BCUT2D eigenvalue weighted by Gasteiger charge is 2.37. The topological polar surface area (TPSA) is 72.9 Å². The fourth-order valence-corrected chi connectivity index (χ4v) is 5.95. The molecule has 0 spiro atoms. The van der Waals surface area contributed by atoms with E-state index in [4.69, 9.17) is 16.6 Å². The maximum absolute atomic E-state index is 12.9. The predicted molar refractivity (Wildman–Crippen MR) is 152 cm³/mol. The zero-order valence-electron chi connectivity index (χ0n) is 21.8. The van der Waals surface area contributed by atoms with Gasteiger partial charge in [0.2, 0.25) is 11.8 Å². The number of carbonyl (C=O) groups is 2. The molecule has 38 heavy (non-hydrogen) atoms. The first-order valence-corrected chi connectivity index (χ1v) is 14.8. The molecule has 8 nitrogen and oxygen atoms in total. The lowest BCUT2D eigenvalue weighted by Gasteiger charge is -2.40. The molecule has 3 aliphatic rings. The van der Waals surface area contributed by atoms with Crippen molar-refractivity contribution in [3.8, 4) is 0 Å². The van der Waals surface area contributed by atoms with Crippen molar-refractivity contribution in [2.75, 3.05) is 63.0 Å². The Morgan fingerprint density at radius 3 is 2.53 bits per heavy atom. The van der Waals surface area contributed by atoms with Crippen LogP contribution in [0.1, 0.15) is 25.3 Å². The lowest BCUT2D eigenvalue weighted by Crippen LogP contribution is -2.54. The summed E-state index contributed by atoms with van der Waals surface area (Å²) in [6.45, 7) is 8.25. The van der Waals surface area contributed by atoms with E-state index in [0.29, 0.717) is 29.9 Å². The normalized spacial score (nSPS) is 20.8. The third kappa shape index (κ3) is 7.07. The van der Waals surface area contributed by atoms with Crippen molar-refractivity contribution in [1.82, 2.24) is 24.7 Å². The molecule has 1 aliphatic carbocycles. The van der Waals surface area contributed by atoms with E-state index in [-0.39, 0.29) is 29.5 Å². The summed E-state index contributed by atoms with van der Waals surface area (Å²) in [7, 11) is 0. The van der Waals surface area contributed by atoms with Crippen LogP contribution in [-0.2, 0) is 9.59 Å². The number of rotatable bonds is 8. The summed E-state index contributed by atoms with van der Waals surface area (Å²) in [5.41, 5.74) is 1.20. The molecule has 2 amide bonds. The van der Waals surface area contributed by atoms with Crippen molar-refractivity contribution in [3.05, 3.63) is 53.2 Å². The van der Waals surface area contributed by atoms with Crippen LogP contribution in [0.15, 0.2) is 47.6 Å². The van der Waals surface area contributed by atoms with Gasteiger partial charge in [-0.1, -0.05) is 65.8 Å². The number of hydrogen-bond acceptors (Lipinski definition) is 7. The molecular weight excluding hydrogens is 520 g/mol. The molecule has 1 aromatic heterocycles. The van der Waals surface area contributed by atoms with Crippen LogP contribution in [0.4, 0.5) is 5.82 Å². The molecule has 1 atom stereocenters. The Labute approximate surface area is 234 Å². The molecule has 1 unspecified atom stereocenters. The zero-order chi connectivity index (χ0) is 26.5. The SMILES string of the molecule is CC1CN(c2cc(Cl)nc(SCC(=O)N3CCN(CC=Cc4ccccc4)CC3)n2)CCN1C(=O)C1CC1. The van der Waals surface area contributed by atoms with Crippen molar-refractivity contribution in [2.45, 2.75) is 31.0 Å². The fraction of sp³-hybridized carbons (Fsp3) is 0.500. The Kier molecular flexibility index (Phi) is 8.86. The van der Waals surface area contributed by atoms with Crippen LogP contribution in [0.25, 0.3) is 6.08 Å². The van der Waals surface area contributed by atoms with Crippen LogP contribution in [0.3, 0.4) is 0 Å².